The molecule has 0 spiro atoms. The summed E-state index contributed by atoms with van der Waals surface area (Å²) in [7, 11) is 0. The number of para-hydroxylation sites is 1. The number of aryl methyl sites for hydroxylation is 1. The van der Waals surface area contributed by atoms with E-state index >= 15 is 0 Å². The second-order valence-corrected chi connectivity index (χ2v) is 7.12. The third-order valence-electron chi connectivity index (χ3n) is 5.13. The number of fused-ring (bicyclic) bond motifs is 2. The third-order valence-corrected chi connectivity index (χ3v) is 5.13. The van der Waals surface area contributed by atoms with Crippen LogP contribution >= 0.6 is 0 Å². The Labute approximate surface area is 161 Å². The minimum Gasteiger partial charge on any atom is -0.451 e. The number of furan rings is 1. The Morgan fingerprint density at radius 2 is 2.11 bits per heavy atom. The zero-order valence-electron chi connectivity index (χ0n) is 15.5. The minimum atomic E-state index is -0.180. The van der Waals surface area contributed by atoms with E-state index in [1.54, 1.807) is 10.6 Å². The fourth-order valence-electron chi connectivity index (χ4n) is 3.71. The summed E-state index contributed by atoms with van der Waals surface area (Å²) in [6, 6.07) is 13.3. The molecule has 0 bridgehead atoms. The molecule has 8 nitrogen and oxygen atoms in total. The van der Waals surface area contributed by atoms with Crippen molar-refractivity contribution in [3.8, 4) is 0 Å². The molecule has 1 saturated heterocycles. The molecule has 1 aliphatic heterocycles. The van der Waals surface area contributed by atoms with Gasteiger partial charge in [0.15, 0.2) is 17.2 Å². The molecule has 1 aromatic carbocycles. The van der Waals surface area contributed by atoms with Crippen LogP contribution in [0.25, 0.3) is 16.6 Å². The maximum atomic E-state index is 12.7. The highest BCUT2D eigenvalue weighted by atomic mass is 16.3. The monoisotopic (exact) mass is 376 g/mol. The van der Waals surface area contributed by atoms with Crippen LogP contribution < -0.4 is 10.2 Å². The van der Waals surface area contributed by atoms with Crippen molar-refractivity contribution in [1.29, 1.82) is 0 Å². The molecule has 142 valence electrons. The number of hydrogen-bond acceptors (Lipinski definition) is 6. The van der Waals surface area contributed by atoms with Crippen molar-refractivity contribution in [2.24, 2.45) is 0 Å². The lowest BCUT2D eigenvalue weighted by molar-refractivity contribution is 0.0907. The van der Waals surface area contributed by atoms with Crippen LogP contribution in [0.5, 0.6) is 0 Å². The van der Waals surface area contributed by atoms with E-state index in [-0.39, 0.29) is 11.9 Å². The second kappa shape index (κ2) is 6.63. The summed E-state index contributed by atoms with van der Waals surface area (Å²) in [5.74, 6) is 1.78. The molecule has 4 heterocycles. The van der Waals surface area contributed by atoms with Gasteiger partial charge in [0.2, 0.25) is 0 Å². The summed E-state index contributed by atoms with van der Waals surface area (Å²) in [4.78, 5) is 14.8. The average molecular weight is 376 g/mol. The van der Waals surface area contributed by atoms with Gasteiger partial charge in [-0.1, -0.05) is 18.2 Å². The fourth-order valence-corrected chi connectivity index (χ4v) is 3.71. The number of rotatable bonds is 3. The molecule has 0 aliphatic carbocycles. The van der Waals surface area contributed by atoms with Gasteiger partial charge >= 0.3 is 0 Å². The summed E-state index contributed by atoms with van der Waals surface area (Å²) in [5, 5.41) is 16.8. The van der Waals surface area contributed by atoms with Crippen molar-refractivity contribution in [3.63, 3.8) is 0 Å². The van der Waals surface area contributed by atoms with Crippen LogP contribution in [0.3, 0.4) is 0 Å². The second-order valence-electron chi connectivity index (χ2n) is 7.12. The number of carbonyl (C=O) groups is 1. The number of benzene rings is 1. The SMILES string of the molecule is Cc1nnc2ccc(N3CCCC(NC(=O)c4cc5ccccc5o4)C3)nn12. The van der Waals surface area contributed by atoms with E-state index in [0.29, 0.717) is 12.3 Å². The highest BCUT2D eigenvalue weighted by molar-refractivity contribution is 5.96. The lowest BCUT2D eigenvalue weighted by Crippen LogP contribution is -2.48. The van der Waals surface area contributed by atoms with Crippen LogP contribution in [-0.2, 0) is 0 Å². The minimum absolute atomic E-state index is 0.0361. The van der Waals surface area contributed by atoms with Crippen LogP contribution in [-0.4, -0.2) is 44.8 Å². The van der Waals surface area contributed by atoms with E-state index < -0.39 is 0 Å². The Hall–Kier alpha value is -3.42. The summed E-state index contributed by atoms with van der Waals surface area (Å²) in [6.07, 6.45) is 1.91. The number of hydrogen-bond donors (Lipinski definition) is 1. The molecule has 3 aromatic heterocycles. The van der Waals surface area contributed by atoms with Crippen LogP contribution in [0.15, 0.2) is 46.9 Å². The van der Waals surface area contributed by atoms with Crippen LogP contribution in [0.2, 0.25) is 0 Å². The first-order chi connectivity index (χ1) is 13.7. The number of piperidine rings is 1. The molecule has 1 fully saturated rings. The van der Waals surface area contributed by atoms with Gasteiger partial charge < -0.3 is 14.6 Å². The number of anilines is 1. The van der Waals surface area contributed by atoms with Gasteiger partial charge in [0.25, 0.3) is 5.91 Å². The first-order valence-corrected chi connectivity index (χ1v) is 9.41. The number of carbonyl (C=O) groups excluding carboxylic acids is 1. The summed E-state index contributed by atoms with van der Waals surface area (Å²) >= 11 is 0. The molecule has 0 saturated carbocycles. The Bertz CT molecular complexity index is 1130. The van der Waals surface area contributed by atoms with Gasteiger partial charge in [0, 0.05) is 24.5 Å². The van der Waals surface area contributed by atoms with Crippen molar-refractivity contribution < 1.29 is 9.21 Å². The van der Waals surface area contributed by atoms with Crippen molar-refractivity contribution in [3.05, 3.63) is 54.0 Å². The Morgan fingerprint density at radius 1 is 1.21 bits per heavy atom. The number of nitrogens with one attached hydrogen (secondary N) is 1. The van der Waals surface area contributed by atoms with Gasteiger partial charge in [0.1, 0.15) is 11.4 Å². The Morgan fingerprint density at radius 3 is 3.00 bits per heavy atom. The predicted octanol–water partition coefficient (Wildman–Crippen LogP) is 2.58. The lowest BCUT2D eigenvalue weighted by atomic mass is 10.1. The third kappa shape index (κ3) is 2.96. The summed E-state index contributed by atoms with van der Waals surface area (Å²) in [5.41, 5.74) is 1.45. The molecule has 1 amide bonds. The normalized spacial score (nSPS) is 17.3. The summed E-state index contributed by atoms with van der Waals surface area (Å²) in [6.45, 7) is 3.48. The molecule has 8 heteroatoms. The van der Waals surface area contributed by atoms with Gasteiger partial charge in [0.05, 0.1) is 0 Å². The first-order valence-electron chi connectivity index (χ1n) is 9.41. The molecule has 5 rings (SSSR count). The standard InChI is InChI=1S/C20H20N6O2/c1-13-22-23-18-8-9-19(24-26(13)18)25-10-4-6-15(12-25)21-20(27)17-11-14-5-2-3-7-16(14)28-17/h2-3,5,7-9,11,15H,4,6,10,12H2,1H3,(H,21,27). The van der Waals surface area contributed by atoms with Crippen molar-refractivity contribution in [1.82, 2.24) is 25.1 Å². The molecule has 0 radical (unpaired) electrons. The molecular weight excluding hydrogens is 356 g/mol. The molecule has 1 N–H and O–H groups in total. The molecule has 1 aliphatic rings. The highest BCUT2D eigenvalue weighted by Crippen LogP contribution is 2.21. The van der Waals surface area contributed by atoms with E-state index in [1.807, 2.05) is 43.3 Å². The maximum Gasteiger partial charge on any atom is 0.287 e. The quantitative estimate of drug-likeness (QED) is 0.591. The molecule has 1 unspecified atom stereocenters. The molecule has 28 heavy (non-hydrogen) atoms. The van der Waals surface area contributed by atoms with E-state index in [9.17, 15) is 4.79 Å². The predicted molar refractivity (Wildman–Crippen MR) is 104 cm³/mol. The highest BCUT2D eigenvalue weighted by Gasteiger charge is 2.24. The largest absolute Gasteiger partial charge is 0.451 e. The van der Waals surface area contributed by atoms with Crippen molar-refractivity contribution >= 4 is 28.3 Å². The average Bonchev–Trinajstić information content (AvgIpc) is 3.32. The topological polar surface area (TPSA) is 88.6 Å². The molecule has 4 aromatic rings. The molecular formula is C20H20N6O2. The zero-order chi connectivity index (χ0) is 19.1. The smallest absolute Gasteiger partial charge is 0.287 e. The molecule has 1 atom stereocenters. The van der Waals surface area contributed by atoms with Gasteiger partial charge in [-0.3, -0.25) is 4.79 Å². The van der Waals surface area contributed by atoms with E-state index in [2.05, 4.69) is 25.5 Å². The lowest BCUT2D eigenvalue weighted by Gasteiger charge is -2.33. The Kier molecular flexibility index (Phi) is 3.96. The van der Waals surface area contributed by atoms with Gasteiger partial charge in [-0.2, -0.15) is 4.52 Å². The zero-order valence-corrected chi connectivity index (χ0v) is 15.5. The van der Waals surface area contributed by atoms with E-state index in [0.717, 1.165) is 47.6 Å². The van der Waals surface area contributed by atoms with Crippen LogP contribution in [0.1, 0.15) is 29.2 Å². The van der Waals surface area contributed by atoms with Gasteiger partial charge in [-0.15, -0.1) is 15.3 Å². The van der Waals surface area contributed by atoms with E-state index in [1.165, 1.54) is 0 Å². The van der Waals surface area contributed by atoms with Crippen LogP contribution in [0, 0.1) is 6.92 Å². The fraction of sp³-hybridized carbons (Fsp3) is 0.300. The maximum absolute atomic E-state index is 12.7. The Balaban J connectivity index is 1.32. The van der Waals surface area contributed by atoms with E-state index in [4.69, 9.17) is 4.42 Å². The van der Waals surface area contributed by atoms with Gasteiger partial charge in [-0.05, 0) is 44.0 Å². The number of amides is 1. The van der Waals surface area contributed by atoms with Crippen LogP contribution in [0.4, 0.5) is 5.82 Å². The number of aromatic nitrogens is 4. The van der Waals surface area contributed by atoms with Crippen molar-refractivity contribution in [2.75, 3.05) is 18.0 Å². The number of nitrogens with zero attached hydrogens (tertiary/aromatic N) is 5. The first kappa shape index (κ1) is 16.7. The summed E-state index contributed by atoms with van der Waals surface area (Å²) < 4.78 is 7.42. The van der Waals surface area contributed by atoms with Crippen molar-refractivity contribution in [2.45, 2.75) is 25.8 Å². The van der Waals surface area contributed by atoms with Gasteiger partial charge in [-0.25, -0.2) is 0 Å².